The Bertz CT molecular complexity index is 768. The van der Waals surface area contributed by atoms with Gasteiger partial charge in [0, 0.05) is 18.2 Å². The molecule has 0 aromatic heterocycles. The summed E-state index contributed by atoms with van der Waals surface area (Å²) in [6.07, 6.45) is 3.97. The molecule has 6 nitrogen and oxygen atoms in total. The van der Waals surface area contributed by atoms with E-state index >= 15 is 0 Å². The van der Waals surface area contributed by atoms with E-state index in [0.29, 0.717) is 25.2 Å². The van der Waals surface area contributed by atoms with E-state index in [9.17, 15) is 27.6 Å². The normalized spacial score (nSPS) is 25.9. The number of allylic oxidation sites excluding steroid dienone is 1. The topological polar surface area (TPSA) is 75.7 Å². The Hall–Kier alpha value is -2.06. The first-order chi connectivity index (χ1) is 15.1. The van der Waals surface area contributed by atoms with Gasteiger partial charge in [0.2, 0.25) is 11.4 Å². The zero-order chi connectivity index (χ0) is 23.5. The molecule has 32 heavy (non-hydrogen) atoms. The van der Waals surface area contributed by atoms with Crippen LogP contribution in [0.2, 0.25) is 0 Å². The Balaban J connectivity index is 1.92. The fraction of sp³-hybridized carbons (Fsp3) is 0.783. The fourth-order valence-corrected chi connectivity index (χ4v) is 5.55. The highest BCUT2D eigenvalue weighted by Crippen LogP contribution is 2.47. The Labute approximate surface area is 186 Å². The number of methoxy groups -OCH3 is 1. The summed E-state index contributed by atoms with van der Waals surface area (Å²) < 4.78 is 48.4. The van der Waals surface area contributed by atoms with Crippen LogP contribution in [-0.2, 0) is 19.1 Å². The minimum Gasteiger partial charge on any atom is -0.466 e. The smallest absolute Gasteiger partial charge is 0.425 e. The van der Waals surface area contributed by atoms with E-state index in [0.717, 1.165) is 63.4 Å². The van der Waals surface area contributed by atoms with Gasteiger partial charge in [0.25, 0.3) is 5.91 Å². The Morgan fingerprint density at radius 3 is 2.16 bits per heavy atom. The van der Waals surface area contributed by atoms with Crippen molar-refractivity contribution in [1.29, 1.82) is 0 Å². The highest BCUT2D eigenvalue weighted by molar-refractivity contribution is 6.10. The van der Waals surface area contributed by atoms with E-state index in [4.69, 9.17) is 0 Å². The number of carbonyl (C=O) groups excluding carboxylic acids is 3. The van der Waals surface area contributed by atoms with Crippen molar-refractivity contribution in [2.75, 3.05) is 7.11 Å². The van der Waals surface area contributed by atoms with Gasteiger partial charge in [0.05, 0.1) is 7.11 Å². The van der Waals surface area contributed by atoms with Crippen LogP contribution in [0, 0.1) is 5.92 Å². The lowest BCUT2D eigenvalue weighted by Crippen LogP contribution is -2.66. The molecule has 180 valence electrons. The van der Waals surface area contributed by atoms with Crippen molar-refractivity contribution in [1.82, 2.24) is 10.2 Å². The Kier molecular flexibility index (Phi) is 7.55. The molecular formula is C23H33F3N2O4. The van der Waals surface area contributed by atoms with Crippen LogP contribution in [0.1, 0.15) is 84.0 Å². The zero-order valence-corrected chi connectivity index (χ0v) is 18.9. The van der Waals surface area contributed by atoms with Gasteiger partial charge in [0.15, 0.2) is 0 Å². The molecule has 1 N–H and O–H groups in total. The molecule has 0 bridgehead atoms. The van der Waals surface area contributed by atoms with Gasteiger partial charge >= 0.3 is 12.1 Å². The zero-order valence-electron chi connectivity index (χ0n) is 18.9. The molecule has 1 unspecified atom stereocenters. The van der Waals surface area contributed by atoms with Gasteiger partial charge in [-0.2, -0.15) is 13.2 Å². The minimum absolute atomic E-state index is 0.0846. The van der Waals surface area contributed by atoms with Crippen molar-refractivity contribution in [2.45, 2.75) is 102 Å². The van der Waals surface area contributed by atoms with Crippen molar-refractivity contribution in [3.8, 4) is 0 Å². The lowest BCUT2D eigenvalue weighted by atomic mass is 9.85. The third-order valence-corrected chi connectivity index (χ3v) is 7.22. The molecule has 0 saturated heterocycles. The van der Waals surface area contributed by atoms with Crippen LogP contribution in [0.5, 0.6) is 0 Å². The van der Waals surface area contributed by atoms with E-state index in [1.54, 1.807) is 0 Å². The number of rotatable bonds is 6. The van der Waals surface area contributed by atoms with Crippen LogP contribution in [0.25, 0.3) is 0 Å². The molecule has 0 aromatic rings. The van der Waals surface area contributed by atoms with Crippen LogP contribution in [-0.4, -0.2) is 47.6 Å². The second kappa shape index (κ2) is 9.83. The predicted molar refractivity (Wildman–Crippen MR) is 111 cm³/mol. The average molecular weight is 459 g/mol. The molecule has 2 amide bonds. The number of ether oxygens (including phenoxy) is 1. The number of hydrogen-bond donors (Lipinski definition) is 1. The average Bonchev–Trinajstić information content (AvgIpc) is 3.00. The highest BCUT2D eigenvalue weighted by atomic mass is 19.4. The summed E-state index contributed by atoms with van der Waals surface area (Å²) in [5, 5.41) is 1.97. The number of hydrogen-bond acceptors (Lipinski definition) is 4. The van der Waals surface area contributed by atoms with Crippen molar-refractivity contribution in [3.63, 3.8) is 0 Å². The summed E-state index contributed by atoms with van der Waals surface area (Å²) in [6.45, 7) is 1.33. The number of nitrogens with one attached hydrogen (secondary N) is 1. The molecule has 0 spiro atoms. The van der Waals surface area contributed by atoms with E-state index < -0.39 is 41.1 Å². The maximum atomic E-state index is 14.6. The molecule has 3 rings (SSSR count). The summed E-state index contributed by atoms with van der Waals surface area (Å²) in [5.74, 6) is -3.13. The largest absolute Gasteiger partial charge is 0.466 e. The minimum atomic E-state index is -5.20. The van der Waals surface area contributed by atoms with Crippen LogP contribution in [0.4, 0.5) is 13.2 Å². The molecule has 1 aliphatic heterocycles. The van der Waals surface area contributed by atoms with Crippen molar-refractivity contribution >= 4 is 17.8 Å². The van der Waals surface area contributed by atoms with Gasteiger partial charge in [-0.05, 0) is 32.1 Å². The molecule has 2 fully saturated rings. The summed E-state index contributed by atoms with van der Waals surface area (Å²) in [7, 11) is 0.975. The first kappa shape index (κ1) is 24.6. The van der Waals surface area contributed by atoms with E-state index in [2.05, 4.69) is 4.74 Å². The second-order valence-electron chi connectivity index (χ2n) is 9.26. The quantitative estimate of drug-likeness (QED) is 0.599. The van der Waals surface area contributed by atoms with Crippen molar-refractivity contribution in [3.05, 3.63) is 11.3 Å². The molecular weight excluding hydrogens is 425 g/mol. The maximum Gasteiger partial charge on any atom is 0.425 e. The SMILES string of the molecule is COC(=O)C1=C(C)N(C2CCCCC2)C(=O)C1(NC(=O)CCC1CCCCC1)C(F)(F)F. The fourth-order valence-electron chi connectivity index (χ4n) is 5.55. The first-order valence-electron chi connectivity index (χ1n) is 11.6. The van der Waals surface area contributed by atoms with Crippen LogP contribution >= 0.6 is 0 Å². The summed E-state index contributed by atoms with van der Waals surface area (Å²) in [4.78, 5) is 39.7. The van der Waals surface area contributed by atoms with Gasteiger partial charge in [-0.1, -0.05) is 51.4 Å². The third kappa shape index (κ3) is 4.53. The third-order valence-electron chi connectivity index (χ3n) is 7.22. The number of amides is 2. The van der Waals surface area contributed by atoms with Gasteiger partial charge in [-0.25, -0.2) is 4.79 Å². The summed E-state index contributed by atoms with van der Waals surface area (Å²) in [6, 6.07) is -0.431. The number of halogens is 3. The van der Waals surface area contributed by atoms with Crippen molar-refractivity contribution in [2.24, 2.45) is 5.92 Å². The number of esters is 1. The lowest BCUT2D eigenvalue weighted by Gasteiger charge is -2.36. The monoisotopic (exact) mass is 458 g/mol. The van der Waals surface area contributed by atoms with Crippen LogP contribution < -0.4 is 5.32 Å². The maximum absolute atomic E-state index is 14.6. The van der Waals surface area contributed by atoms with Crippen molar-refractivity contribution < 1.29 is 32.3 Å². The Morgan fingerprint density at radius 2 is 1.62 bits per heavy atom. The molecule has 1 heterocycles. The second-order valence-corrected chi connectivity index (χ2v) is 9.26. The molecule has 0 aromatic carbocycles. The molecule has 2 aliphatic carbocycles. The van der Waals surface area contributed by atoms with Crippen LogP contribution in [0.15, 0.2) is 11.3 Å². The van der Waals surface area contributed by atoms with Gasteiger partial charge < -0.3 is 15.0 Å². The van der Waals surface area contributed by atoms with E-state index in [1.807, 2.05) is 5.32 Å². The van der Waals surface area contributed by atoms with Gasteiger partial charge in [-0.15, -0.1) is 0 Å². The number of nitrogens with zero attached hydrogens (tertiary/aromatic N) is 1. The number of carbonyl (C=O) groups is 3. The Morgan fingerprint density at radius 1 is 1.06 bits per heavy atom. The summed E-state index contributed by atoms with van der Waals surface area (Å²) >= 11 is 0. The number of alkyl halides is 3. The van der Waals surface area contributed by atoms with Crippen LogP contribution in [0.3, 0.4) is 0 Å². The molecule has 3 aliphatic rings. The first-order valence-corrected chi connectivity index (χ1v) is 11.6. The standard InChI is InChI=1S/C23H33F3N2O4/c1-15-19(20(30)32-2)22(23(24,25)26,21(31)28(15)17-11-7-4-8-12-17)27-18(29)14-13-16-9-5-3-6-10-16/h16-17H,3-14H2,1-2H3,(H,27,29). The predicted octanol–water partition coefficient (Wildman–Crippen LogP) is 4.39. The van der Waals surface area contributed by atoms with Gasteiger partial charge in [-0.3, -0.25) is 9.59 Å². The van der Waals surface area contributed by atoms with E-state index in [1.165, 1.54) is 6.92 Å². The lowest BCUT2D eigenvalue weighted by molar-refractivity contribution is -0.196. The van der Waals surface area contributed by atoms with E-state index in [-0.39, 0.29) is 12.1 Å². The summed E-state index contributed by atoms with van der Waals surface area (Å²) in [5.41, 5.74) is -4.32. The molecule has 9 heteroatoms. The molecule has 1 atom stereocenters. The van der Waals surface area contributed by atoms with Gasteiger partial charge in [0.1, 0.15) is 5.57 Å². The highest BCUT2D eigenvalue weighted by Gasteiger charge is 2.71. The molecule has 0 radical (unpaired) electrons. The molecule has 2 saturated carbocycles.